The van der Waals surface area contributed by atoms with E-state index in [0.717, 1.165) is 11.5 Å². The van der Waals surface area contributed by atoms with Crippen molar-refractivity contribution < 1.29 is 18.7 Å². The number of nitrogens with zero attached hydrogens (tertiary/aromatic N) is 4. The molecule has 202 valence electrons. The van der Waals surface area contributed by atoms with Crippen molar-refractivity contribution in [3.05, 3.63) is 71.3 Å². The summed E-state index contributed by atoms with van der Waals surface area (Å²) in [7, 11) is 0. The SMILES string of the molecule is CCOC(=O)C1(Cc2cccc(Nc3ccnn3C(C)(C)C)n2)CCN(C(=O)c2cccc(C)c2F)CC1. The molecule has 1 aliphatic heterocycles. The second-order valence-electron chi connectivity index (χ2n) is 10.8. The van der Waals surface area contributed by atoms with E-state index >= 15 is 0 Å². The number of pyridine rings is 1. The van der Waals surface area contributed by atoms with Crippen LogP contribution in [0.3, 0.4) is 0 Å². The van der Waals surface area contributed by atoms with E-state index in [1.807, 2.05) is 28.9 Å². The van der Waals surface area contributed by atoms with E-state index in [-0.39, 0.29) is 29.6 Å². The largest absolute Gasteiger partial charge is 0.466 e. The minimum Gasteiger partial charge on any atom is -0.466 e. The third-order valence-electron chi connectivity index (χ3n) is 7.00. The van der Waals surface area contributed by atoms with Gasteiger partial charge >= 0.3 is 5.97 Å². The van der Waals surface area contributed by atoms with Gasteiger partial charge in [0.05, 0.1) is 29.3 Å². The van der Waals surface area contributed by atoms with Crippen LogP contribution in [0.5, 0.6) is 0 Å². The van der Waals surface area contributed by atoms with Gasteiger partial charge in [-0.05, 0) is 71.2 Å². The predicted octanol–water partition coefficient (Wildman–Crippen LogP) is 5.25. The van der Waals surface area contributed by atoms with Crippen molar-refractivity contribution in [1.29, 1.82) is 0 Å². The molecule has 1 saturated heterocycles. The molecule has 0 saturated carbocycles. The molecule has 38 heavy (non-hydrogen) atoms. The maximum atomic E-state index is 14.6. The molecular weight excluding hydrogens is 485 g/mol. The number of aromatic nitrogens is 3. The van der Waals surface area contributed by atoms with Gasteiger partial charge in [-0.1, -0.05) is 18.2 Å². The van der Waals surface area contributed by atoms with Crippen LogP contribution < -0.4 is 5.32 Å². The van der Waals surface area contributed by atoms with Gasteiger partial charge in [0.25, 0.3) is 5.91 Å². The number of halogens is 1. The van der Waals surface area contributed by atoms with Crippen LogP contribution in [-0.4, -0.2) is 51.2 Å². The fourth-order valence-corrected chi connectivity index (χ4v) is 4.92. The number of carbonyl (C=O) groups is 2. The molecule has 1 N–H and O–H groups in total. The first-order chi connectivity index (χ1) is 18.0. The molecule has 0 bridgehead atoms. The van der Waals surface area contributed by atoms with Gasteiger partial charge in [0.15, 0.2) is 0 Å². The zero-order valence-electron chi connectivity index (χ0n) is 22.8. The summed E-state index contributed by atoms with van der Waals surface area (Å²) < 4.78 is 22.0. The number of likely N-dealkylation sites (tertiary alicyclic amines) is 1. The first kappa shape index (κ1) is 27.3. The summed E-state index contributed by atoms with van der Waals surface area (Å²) in [5.74, 6) is 0.316. The zero-order valence-corrected chi connectivity index (χ0v) is 22.8. The Bertz CT molecular complexity index is 1310. The van der Waals surface area contributed by atoms with E-state index in [0.29, 0.717) is 43.7 Å². The fourth-order valence-electron chi connectivity index (χ4n) is 4.92. The second kappa shape index (κ2) is 10.9. The molecule has 1 aliphatic rings. The third kappa shape index (κ3) is 5.71. The lowest BCUT2D eigenvalue weighted by Crippen LogP contribution is -2.48. The van der Waals surface area contributed by atoms with Crippen LogP contribution in [0.1, 0.15) is 62.2 Å². The summed E-state index contributed by atoms with van der Waals surface area (Å²) in [5, 5.41) is 7.76. The highest BCUT2D eigenvalue weighted by atomic mass is 19.1. The van der Waals surface area contributed by atoms with Crippen molar-refractivity contribution in [3.8, 4) is 0 Å². The number of ether oxygens (including phenoxy) is 1. The zero-order chi connectivity index (χ0) is 27.5. The first-order valence-corrected chi connectivity index (χ1v) is 13.0. The summed E-state index contributed by atoms with van der Waals surface area (Å²) in [4.78, 5) is 32.7. The smallest absolute Gasteiger partial charge is 0.312 e. The standard InChI is InChI=1S/C29H36FN5O3/c1-6-38-27(37)29(14-17-34(18-15-29)26(36)22-11-7-9-20(2)25(22)30)19-21-10-8-12-23(32-21)33-24-13-16-31-35(24)28(3,4)5/h7-13,16H,6,14-15,17-19H2,1-5H3,(H,32,33). The van der Waals surface area contributed by atoms with E-state index in [2.05, 4.69) is 31.2 Å². The molecular formula is C29H36FN5O3. The van der Waals surface area contributed by atoms with Crippen molar-refractivity contribution in [1.82, 2.24) is 19.7 Å². The van der Waals surface area contributed by atoms with Gasteiger partial charge in [0.2, 0.25) is 0 Å². The van der Waals surface area contributed by atoms with E-state index in [9.17, 15) is 14.0 Å². The molecule has 4 rings (SSSR count). The van der Waals surface area contributed by atoms with Gasteiger partial charge in [-0.25, -0.2) is 14.1 Å². The van der Waals surface area contributed by atoms with E-state index < -0.39 is 11.2 Å². The molecule has 0 spiro atoms. The Morgan fingerprint density at radius 3 is 2.50 bits per heavy atom. The second-order valence-corrected chi connectivity index (χ2v) is 10.8. The number of anilines is 2. The molecule has 3 aromatic rings. The van der Waals surface area contributed by atoms with Crippen LogP contribution in [0.4, 0.5) is 16.0 Å². The summed E-state index contributed by atoms with van der Waals surface area (Å²) in [6.45, 7) is 10.6. The molecule has 0 aliphatic carbocycles. The van der Waals surface area contributed by atoms with Crippen molar-refractivity contribution in [2.45, 2.75) is 59.4 Å². The number of benzene rings is 1. The van der Waals surface area contributed by atoms with Crippen molar-refractivity contribution in [2.24, 2.45) is 5.41 Å². The summed E-state index contributed by atoms with van der Waals surface area (Å²) in [6, 6.07) is 12.4. The monoisotopic (exact) mass is 521 g/mol. The normalized spacial score (nSPS) is 15.3. The van der Waals surface area contributed by atoms with Gasteiger partial charge in [-0.2, -0.15) is 5.10 Å². The van der Waals surface area contributed by atoms with Gasteiger partial charge in [0.1, 0.15) is 17.5 Å². The Labute approximate surface area is 223 Å². The number of hydrogen-bond donors (Lipinski definition) is 1. The molecule has 1 fully saturated rings. The van der Waals surface area contributed by atoms with E-state index in [4.69, 9.17) is 9.72 Å². The Hall–Kier alpha value is -3.75. The van der Waals surface area contributed by atoms with Gasteiger partial charge in [-0.15, -0.1) is 0 Å². The molecule has 0 atom stereocenters. The van der Waals surface area contributed by atoms with Crippen LogP contribution in [0.15, 0.2) is 48.7 Å². The highest BCUT2D eigenvalue weighted by molar-refractivity contribution is 5.95. The minimum atomic E-state index is -0.823. The highest BCUT2D eigenvalue weighted by Gasteiger charge is 2.44. The number of esters is 1. The minimum absolute atomic E-state index is 0.0589. The summed E-state index contributed by atoms with van der Waals surface area (Å²) in [5.41, 5.74) is 0.206. The van der Waals surface area contributed by atoms with Crippen molar-refractivity contribution in [2.75, 3.05) is 25.0 Å². The Balaban J connectivity index is 1.53. The Kier molecular flexibility index (Phi) is 7.85. The fraction of sp³-hybridized carbons (Fsp3) is 0.448. The lowest BCUT2D eigenvalue weighted by atomic mass is 9.74. The number of hydrogen-bond acceptors (Lipinski definition) is 6. The first-order valence-electron chi connectivity index (χ1n) is 13.0. The van der Waals surface area contributed by atoms with Gasteiger partial charge < -0.3 is 15.0 Å². The Morgan fingerprint density at radius 1 is 1.11 bits per heavy atom. The maximum absolute atomic E-state index is 14.6. The average Bonchev–Trinajstić information content (AvgIpc) is 3.35. The Morgan fingerprint density at radius 2 is 1.82 bits per heavy atom. The number of carbonyl (C=O) groups excluding carboxylic acids is 2. The predicted molar refractivity (Wildman–Crippen MR) is 144 cm³/mol. The maximum Gasteiger partial charge on any atom is 0.312 e. The van der Waals surface area contributed by atoms with Crippen LogP contribution in [0.2, 0.25) is 0 Å². The average molecular weight is 522 g/mol. The van der Waals surface area contributed by atoms with Crippen LogP contribution in [0, 0.1) is 18.2 Å². The van der Waals surface area contributed by atoms with Crippen molar-refractivity contribution in [3.63, 3.8) is 0 Å². The van der Waals surface area contributed by atoms with Gasteiger partial charge in [0, 0.05) is 31.3 Å². The lowest BCUT2D eigenvalue weighted by molar-refractivity contribution is -0.158. The number of nitrogens with one attached hydrogen (secondary N) is 1. The quantitative estimate of drug-likeness (QED) is 0.427. The van der Waals surface area contributed by atoms with Crippen LogP contribution >= 0.6 is 0 Å². The molecule has 0 radical (unpaired) electrons. The lowest BCUT2D eigenvalue weighted by Gasteiger charge is -2.40. The van der Waals surface area contributed by atoms with E-state index in [1.165, 1.54) is 6.07 Å². The molecule has 8 nitrogen and oxygen atoms in total. The third-order valence-corrected chi connectivity index (χ3v) is 7.00. The molecule has 2 aromatic heterocycles. The van der Waals surface area contributed by atoms with Gasteiger partial charge in [-0.3, -0.25) is 9.59 Å². The van der Waals surface area contributed by atoms with Crippen LogP contribution in [0.25, 0.3) is 0 Å². The summed E-state index contributed by atoms with van der Waals surface area (Å²) >= 11 is 0. The number of rotatable bonds is 7. The molecule has 0 unspecified atom stereocenters. The highest BCUT2D eigenvalue weighted by Crippen LogP contribution is 2.37. The molecule has 9 heteroatoms. The topological polar surface area (TPSA) is 89.3 Å². The molecule has 1 amide bonds. The molecule has 1 aromatic carbocycles. The van der Waals surface area contributed by atoms with E-state index in [1.54, 1.807) is 37.1 Å². The summed E-state index contributed by atoms with van der Waals surface area (Å²) in [6.07, 6.45) is 2.92. The van der Waals surface area contributed by atoms with Crippen LogP contribution in [-0.2, 0) is 21.5 Å². The number of aryl methyl sites for hydroxylation is 1. The number of amides is 1. The van der Waals surface area contributed by atoms with Crippen molar-refractivity contribution >= 4 is 23.5 Å². The molecule has 3 heterocycles. The number of piperidine rings is 1.